The Kier molecular flexibility index (Phi) is 5.58. The molecule has 1 aliphatic rings. The summed E-state index contributed by atoms with van der Waals surface area (Å²) in [6.45, 7) is 1.50. The second-order valence-electron chi connectivity index (χ2n) is 6.05. The first kappa shape index (κ1) is 17.0. The number of benzene rings is 1. The van der Waals surface area contributed by atoms with Crippen LogP contribution in [0.2, 0.25) is 0 Å². The molecule has 0 spiro atoms. The van der Waals surface area contributed by atoms with Crippen LogP contribution in [0.1, 0.15) is 25.7 Å². The van der Waals surface area contributed by atoms with Gasteiger partial charge < -0.3 is 21.5 Å². The highest BCUT2D eigenvalue weighted by atomic mass is 32.1. The second-order valence-corrected chi connectivity index (χ2v) is 6.50. The average Bonchev–Trinajstić information content (AvgIpc) is 2.98. The molecule has 0 bridgehead atoms. The maximum Gasteiger partial charge on any atom is 0.324 e. The highest BCUT2D eigenvalue weighted by molar-refractivity contribution is 7.80. The fraction of sp³-hybridized carbons (Fsp3) is 0.562. The number of anilines is 2. The van der Waals surface area contributed by atoms with Crippen LogP contribution in [0.3, 0.4) is 0 Å². The van der Waals surface area contributed by atoms with Gasteiger partial charge in [-0.2, -0.15) is 12.6 Å². The molecule has 122 valence electrons. The molecule has 1 fully saturated rings. The molecule has 1 unspecified atom stereocenters. The summed E-state index contributed by atoms with van der Waals surface area (Å²) in [5.41, 5.74) is 12.6. The number of carboxylic acids is 1. The zero-order valence-corrected chi connectivity index (χ0v) is 13.6. The van der Waals surface area contributed by atoms with E-state index < -0.39 is 11.5 Å². The lowest BCUT2D eigenvalue weighted by Gasteiger charge is -2.31. The number of nitrogens with two attached hydrogens (primary N) is 2. The van der Waals surface area contributed by atoms with Crippen molar-refractivity contribution >= 4 is 30.0 Å². The molecule has 2 atom stereocenters. The van der Waals surface area contributed by atoms with E-state index >= 15 is 0 Å². The lowest BCUT2D eigenvalue weighted by atomic mass is 9.80. The summed E-state index contributed by atoms with van der Waals surface area (Å²) in [5.74, 6) is -0.170. The van der Waals surface area contributed by atoms with Crippen molar-refractivity contribution in [3.63, 3.8) is 0 Å². The van der Waals surface area contributed by atoms with Crippen molar-refractivity contribution in [2.24, 2.45) is 11.7 Å². The lowest BCUT2D eigenvalue weighted by molar-refractivity contribution is -0.145. The average molecular weight is 323 g/mol. The number of carboxylic acid groups (broad SMARTS) is 1. The standard InChI is InChI=1S/C16H25N3O2S/c17-13-3-5-14(6-4-13)19-9-7-12(11-19)16(18,15(20)21)8-1-2-10-22/h3-6,12,22H,1-2,7-11,17-18H2,(H,20,21)/t12-,16?/m1/s1. The van der Waals surface area contributed by atoms with Gasteiger partial charge in [-0.25, -0.2) is 0 Å². The van der Waals surface area contributed by atoms with E-state index in [0.29, 0.717) is 13.0 Å². The number of thiol groups is 1. The van der Waals surface area contributed by atoms with E-state index in [0.717, 1.165) is 42.9 Å². The summed E-state index contributed by atoms with van der Waals surface area (Å²) >= 11 is 4.18. The third-order valence-corrected chi connectivity index (χ3v) is 4.89. The Hall–Kier alpha value is -1.40. The minimum absolute atomic E-state index is 0.0394. The van der Waals surface area contributed by atoms with E-state index in [1.54, 1.807) is 0 Å². The minimum Gasteiger partial charge on any atom is -0.480 e. The second kappa shape index (κ2) is 7.24. The summed E-state index contributed by atoms with van der Waals surface area (Å²) in [7, 11) is 0. The number of carbonyl (C=O) groups is 1. The molecular weight excluding hydrogens is 298 g/mol. The van der Waals surface area contributed by atoms with E-state index in [-0.39, 0.29) is 5.92 Å². The van der Waals surface area contributed by atoms with Crippen molar-refractivity contribution in [2.45, 2.75) is 31.2 Å². The van der Waals surface area contributed by atoms with Crippen molar-refractivity contribution in [1.29, 1.82) is 0 Å². The summed E-state index contributed by atoms with van der Waals surface area (Å²) in [6.07, 6.45) is 2.99. The molecule has 5 N–H and O–H groups in total. The predicted molar refractivity (Wildman–Crippen MR) is 93.4 cm³/mol. The maximum atomic E-state index is 11.7. The highest BCUT2D eigenvalue weighted by Crippen LogP contribution is 2.33. The number of unbranched alkanes of at least 4 members (excludes halogenated alkanes) is 1. The quantitative estimate of drug-likeness (QED) is 0.350. The van der Waals surface area contributed by atoms with E-state index in [4.69, 9.17) is 11.5 Å². The first-order chi connectivity index (χ1) is 10.5. The highest BCUT2D eigenvalue weighted by Gasteiger charge is 2.44. The molecule has 1 saturated heterocycles. The van der Waals surface area contributed by atoms with E-state index in [1.165, 1.54) is 0 Å². The molecule has 0 aliphatic carbocycles. The molecule has 1 aromatic rings. The number of aliphatic carboxylic acids is 1. The SMILES string of the molecule is Nc1ccc(N2CC[C@@H](C(N)(CCCCS)C(=O)O)C2)cc1. The maximum absolute atomic E-state index is 11.7. The minimum atomic E-state index is -1.15. The Morgan fingerprint density at radius 1 is 1.36 bits per heavy atom. The number of hydrogen-bond donors (Lipinski definition) is 4. The summed E-state index contributed by atoms with van der Waals surface area (Å²) in [4.78, 5) is 13.9. The van der Waals surface area contributed by atoms with Gasteiger partial charge in [0.1, 0.15) is 5.54 Å². The summed E-state index contributed by atoms with van der Waals surface area (Å²) < 4.78 is 0. The van der Waals surface area contributed by atoms with Crippen LogP contribution >= 0.6 is 12.6 Å². The van der Waals surface area contributed by atoms with Gasteiger partial charge in [0.25, 0.3) is 0 Å². The van der Waals surface area contributed by atoms with Crippen molar-refractivity contribution in [2.75, 3.05) is 29.5 Å². The van der Waals surface area contributed by atoms with Gasteiger partial charge in [-0.3, -0.25) is 4.79 Å². The van der Waals surface area contributed by atoms with Crippen LogP contribution in [0.15, 0.2) is 24.3 Å². The molecule has 5 nitrogen and oxygen atoms in total. The number of hydrogen-bond acceptors (Lipinski definition) is 5. The third-order valence-electron chi connectivity index (χ3n) is 4.57. The smallest absolute Gasteiger partial charge is 0.324 e. The largest absolute Gasteiger partial charge is 0.480 e. The Balaban J connectivity index is 2.05. The summed E-state index contributed by atoms with van der Waals surface area (Å²) in [5, 5.41) is 9.61. The van der Waals surface area contributed by atoms with E-state index in [1.807, 2.05) is 24.3 Å². The van der Waals surface area contributed by atoms with Gasteiger partial charge >= 0.3 is 5.97 Å². The van der Waals surface area contributed by atoms with E-state index in [2.05, 4.69) is 17.5 Å². The van der Waals surface area contributed by atoms with Gasteiger partial charge in [-0.15, -0.1) is 0 Å². The first-order valence-corrected chi connectivity index (χ1v) is 8.34. The zero-order valence-electron chi connectivity index (χ0n) is 12.7. The van der Waals surface area contributed by atoms with Crippen molar-refractivity contribution in [3.8, 4) is 0 Å². The van der Waals surface area contributed by atoms with Crippen LogP contribution in [-0.2, 0) is 4.79 Å². The van der Waals surface area contributed by atoms with Crippen LogP contribution in [0.5, 0.6) is 0 Å². The summed E-state index contributed by atoms with van der Waals surface area (Å²) in [6, 6.07) is 7.67. The number of rotatable bonds is 7. The first-order valence-electron chi connectivity index (χ1n) is 7.71. The fourth-order valence-electron chi connectivity index (χ4n) is 3.12. The predicted octanol–water partition coefficient (Wildman–Crippen LogP) is 1.98. The molecule has 0 radical (unpaired) electrons. The van der Waals surface area contributed by atoms with Gasteiger partial charge in [0, 0.05) is 30.4 Å². The Morgan fingerprint density at radius 2 is 2.05 bits per heavy atom. The molecule has 1 aromatic carbocycles. The van der Waals surface area contributed by atoms with Gasteiger partial charge in [0.15, 0.2) is 0 Å². The monoisotopic (exact) mass is 323 g/mol. The molecule has 0 saturated carbocycles. The van der Waals surface area contributed by atoms with Crippen LogP contribution in [-0.4, -0.2) is 35.5 Å². The Bertz CT molecular complexity index is 509. The molecule has 1 aliphatic heterocycles. The molecular formula is C16H25N3O2S. The molecule has 0 aromatic heterocycles. The lowest BCUT2D eigenvalue weighted by Crippen LogP contribution is -2.55. The van der Waals surface area contributed by atoms with Crippen LogP contribution in [0.25, 0.3) is 0 Å². The van der Waals surface area contributed by atoms with Crippen LogP contribution in [0.4, 0.5) is 11.4 Å². The van der Waals surface area contributed by atoms with E-state index in [9.17, 15) is 9.90 Å². The fourth-order valence-corrected chi connectivity index (χ4v) is 3.34. The van der Waals surface area contributed by atoms with Crippen molar-refractivity contribution in [1.82, 2.24) is 0 Å². The van der Waals surface area contributed by atoms with Gasteiger partial charge in [0.2, 0.25) is 0 Å². The van der Waals surface area contributed by atoms with Gasteiger partial charge in [-0.05, 0) is 49.3 Å². The number of nitrogens with zero attached hydrogens (tertiary/aromatic N) is 1. The molecule has 6 heteroatoms. The molecule has 1 heterocycles. The number of nitrogen functional groups attached to an aromatic ring is 1. The van der Waals surface area contributed by atoms with Crippen LogP contribution in [0, 0.1) is 5.92 Å². The van der Waals surface area contributed by atoms with Crippen LogP contribution < -0.4 is 16.4 Å². The van der Waals surface area contributed by atoms with Crippen molar-refractivity contribution < 1.29 is 9.90 Å². The topological polar surface area (TPSA) is 92.6 Å². The zero-order chi connectivity index (χ0) is 16.2. The molecule has 0 amide bonds. The van der Waals surface area contributed by atoms with Gasteiger partial charge in [-0.1, -0.05) is 6.42 Å². The Morgan fingerprint density at radius 3 is 2.64 bits per heavy atom. The Labute approximate surface area is 137 Å². The molecule has 22 heavy (non-hydrogen) atoms. The normalized spacial score (nSPS) is 20.8. The van der Waals surface area contributed by atoms with Crippen molar-refractivity contribution in [3.05, 3.63) is 24.3 Å². The molecule has 2 rings (SSSR count). The third kappa shape index (κ3) is 3.67. The van der Waals surface area contributed by atoms with Gasteiger partial charge in [0.05, 0.1) is 0 Å².